The van der Waals surface area contributed by atoms with Crippen LogP contribution in [-0.4, -0.2) is 26.0 Å². The fourth-order valence-corrected chi connectivity index (χ4v) is 3.91. The van der Waals surface area contributed by atoms with Crippen LogP contribution in [0.2, 0.25) is 5.02 Å². The molecule has 2 N–H and O–H groups in total. The third-order valence-corrected chi connectivity index (χ3v) is 4.90. The van der Waals surface area contributed by atoms with Crippen LogP contribution in [0.25, 0.3) is 0 Å². The summed E-state index contributed by atoms with van der Waals surface area (Å²) in [6, 6.07) is 11.4. The number of halogens is 1. The molecule has 1 aliphatic carbocycles. The molecule has 0 amide bonds. The Hall–Kier alpha value is -2.12. The summed E-state index contributed by atoms with van der Waals surface area (Å²) in [5.41, 5.74) is 4.11. The van der Waals surface area contributed by atoms with Gasteiger partial charge in [0.15, 0.2) is 5.41 Å². The van der Waals surface area contributed by atoms with Crippen molar-refractivity contribution in [1.82, 2.24) is 0 Å². The lowest BCUT2D eigenvalue weighted by Crippen LogP contribution is -2.41. The maximum absolute atomic E-state index is 9.86. The van der Waals surface area contributed by atoms with Gasteiger partial charge in [-0.3, -0.25) is 0 Å². The van der Waals surface area contributed by atoms with E-state index in [1.807, 2.05) is 0 Å². The number of amidine groups is 1. The van der Waals surface area contributed by atoms with Crippen LogP contribution in [0.3, 0.4) is 0 Å². The van der Waals surface area contributed by atoms with Crippen molar-refractivity contribution < 1.29 is 9.47 Å². The first-order valence-electron chi connectivity index (χ1n) is 6.53. The van der Waals surface area contributed by atoms with Crippen molar-refractivity contribution in [2.45, 2.75) is 11.8 Å². The zero-order valence-corrected chi connectivity index (χ0v) is 12.8. The molecule has 3 rings (SSSR count). The topological polar surface area (TPSA) is 104 Å². The van der Waals surface area contributed by atoms with Gasteiger partial charge in [-0.1, -0.05) is 23.7 Å². The van der Waals surface area contributed by atoms with E-state index in [-0.39, 0.29) is 5.84 Å². The van der Waals surface area contributed by atoms with E-state index < -0.39 is 22.7 Å². The SMILES string of the molecule is COC1(OC)N=C(N)[C@]2(C#N)[C@@H](c3cccc(Cl)c3)[C@@]12C#N. The quantitative estimate of drug-likeness (QED) is 0.856. The van der Waals surface area contributed by atoms with Gasteiger partial charge in [-0.15, -0.1) is 0 Å². The summed E-state index contributed by atoms with van der Waals surface area (Å²) in [6.07, 6.45) is 0. The number of aliphatic imine (C=N–C) groups is 1. The molecule has 3 atom stereocenters. The number of nitriles is 2. The Labute approximate surface area is 132 Å². The molecule has 1 saturated carbocycles. The number of nitrogens with zero attached hydrogens (tertiary/aromatic N) is 3. The average molecular weight is 317 g/mol. The lowest BCUT2D eigenvalue weighted by atomic mass is 9.93. The minimum absolute atomic E-state index is 0.0465. The smallest absolute Gasteiger partial charge is 0.292 e. The number of methoxy groups -OCH3 is 2. The number of fused-ring (bicyclic) bond motifs is 1. The molecule has 2 aliphatic rings. The normalized spacial score (nSPS) is 34.2. The highest BCUT2D eigenvalue weighted by Gasteiger charge is 2.93. The maximum atomic E-state index is 9.86. The van der Waals surface area contributed by atoms with E-state index >= 15 is 0 Å². The molecule has 0 aromatic heterocycles. The van der Waals surface area contributed by atoms with E-state index in [4.69, 9.17) is 26.8 Å². The van der Waals surface area contributed by atoms with Crippen LogP contribution in [-0.2, 0) is 9.47 Å². The van der Waals surface area contributed by atoms with Gasteiger partial charge in [0, 0.05) is 25.2 Å². The second-order valence-corrected chi connectivity index (χ2v) is 5.75. The second kappa shape index (κ2) is 4.44. The summed E-state index contributed by atoms with van der Waals surface area (Å²) >= 11 is 6.04. The fourth-order valence-electron chi connectivity index (χ4n) is 3.71. The first-order valence-corrected chi connectivity index (χ1v) is 6.91. The standard InChI is InChI=1S/C15H13ClN4O2/c1-21-15(22-2)14(8-18)11(9-4-3-5-10(16)6-9)13(14,7-17)12(19)20-15/h3-6,11H,1-2H3,(H2,19,20)/t11-,13+,14-/m1/s1. The molecule has 1 aromatic carbocycles. The van der Waals surface area contributed by atoms with Crippen molar-refractivity contribution in [1.29, 1.82) is 10.5 Å². The Kier molecular flexibility index (Phi) is 2.99. The zero-order valence-electron chi connectivity index (χ0n) is 12.0. The average Bonchev–Trinajstić information content (AvgIpc) is 3.11. The van der Waals surface area contributed by atoms with Gasteiger partial charge >= 0.3 is 0 Å². The third-order valence-electron chi connectivity index (χ3n) is 4.66. The molecule has 1 heterocycles. The van der Waals surface area contributed by atoms with Crippen LogP contribution < -0.4 is 5.73 Å². The van der Waals surface area contributed by atoms with Gasteiger partial charge in [0.05, 0.1) is 12.1 Å². The number of hydrogen-bond acceptors (Lipinski definition) is 6. The Morgan fingerprint density at radius 1 is 1.27 bits per heavy atom. The molecule has 6 nitrogen and oxygen atoms in total. The number of benzene rings is 1. The van der Waals surface area contributed by atoms with Crippen LogP contribution in [0.4, 0.5) is 0 Å². The molecule has 0 bridgehead atoms. The van der Waals surface area contributed by atoms with Crippen molar-refractivity contribution in [2.24, 2.45) is 21.6 Å². The van der Waals surface area contributed by atoms with E-state index in [1.165, 1.54) is 14.2 Å². The molecule has 1 aromatic rings. The predicted octanol–water partition coefficient (Wildman–Crippen LogP) is 1.77. The highest BCUT2D eigenvalue weighted by Crippen LogP contribution is 2.81. The highest BCUT2D eigenvalue weighted by molar-refractivity contribution is 6.30. The van der Waals surface area contributed by atoms with E-state index in [1.54, 1.807) is 24.3 Å². The summed E-state index contributed by atoms with van der Waals surface area (Å²) < 4.78 is 10.8. The molecular formula is C15H13ClN4O2. The Morgan fingerprint density at radius 2 is 1.95 bits per heavy atom. The van der Waals surface area contributed by atoms with E-state index in [0.29, 0.717) is 5.02 Å². The molecule has 0 unspecified atom stereocenters. The molecule has 0 spiro atoms. The fraction of sp³-hybridized carbons (Fsp3) is 0.400. The van der Waals surface area contributed by atoms with Crippen LogP contribution in [0, 0.1) is 33.5 Å². The molecule has 22 heavy (non-hydrogen) atoms. The van der Waals surface area contributed by atoms with Gasteiger partial charge in [0.2, 0.25) is 0 Å². The van der Waals surface area contributed by atoms with Crippen LogP contribution in [0.15, 0.2) is 29.3 Å². The molecule has 1 aliphatic heterocycles. The first kappa shape index (κ1) is 14.8. The van der Waals surface area contributed by atoms with Crippen molar-refractivity contribution in [2.75, 3.05) is 14.2 Å². The zero-order chi connectivity index (χ0) is 16.2. The predicted molar refractivity (Wildman–Crippen MR) is 78.7 cm³/mol. The molecule has 112 valence electrons. The number of hydrogen-bond donors (Lipinski definition) is 1. The maximum Gasteiger partial charge on any atom is 0.292 e. The van der Waals surface area contributed by atoms with E-state index in [2.05, 4.69) is 17.1 Å². The van der Waals surface area contributed by atoms with E-state index in [9.17, 15) is 10.5 Å². The summed E-state index contributed by atoms with van der Waals surface area (Å²) in [7, 11) is 2.75. The van der Waals surface area contributed by atoms with Gasteiger partial charge in [0.1, 0.15) is 11.3 Å². The van der Waals surface area contributed by atoms with E-state index in [0.717, 1.165) is 5.56 Å². The number of ether oxygens (including phenoxy) is 2. The molecule has 0 radical (unpaired) electrons. The van der Waals surface area contributed by atoms with Crippen LogP contribution in [0.1, 0.15) is 11.5 Å². The Morgan fingerprint density at radius 3 is 2.45 bits per heavy atom. The summed E-state index contributed by atoms with van der Waals surface area (Å²) in [6.45, 7) is 0. The van der Waals surface area contributed by atoms with Crippen molar-refractivity contribution >= 4 is 17.4 Å². The van der Waals surface area contributed by atoms with Crippen LogP contribution >= 0.6 is 11.6 Å². The highest BCUT2D eigenvalue weighted by atomic mass is 35.5. The molecule has 7 heteroatoms. The summed E-state index contributed by atoms with van der Waals surface area (Å²) in [4.78, 5) is 4.14. The lowest BCUT2D eigenvalue weighted by Gasteiger charge is -2.29. The van der Waals surface area contributed by atoms with Gasteiger partial charge in [-0.05, 0) is 17.7 Å². The first-order chi connectivity index (χ1) is 10.5. The second-order valence-electron chi connectivity index (χ2n) is 5.31. The lowest BCUT2D eigenvalue weighted by molar-refractivity contribution is -0.230. The van der Waals surface area contributed by atoms with Crippen molar-refractivity contribution in [3.05, 3.63) is 34.9 Å². The largest absolute Gasteiger partial charge is 0.386 e. The number of nitrogens with two attached hydrogens (primary N) is 1. The molecular weight excluding hydrogens is 304 g/mol. The van der Waals surface area contributed by atoms with Crippen molar-refractivity contribution in [3.63, 3.8) is 0 Å². The monoisotopic (exact) mass is 316 g/mol. The van der Waals surface area contributed by atoms with Crippen LogP contribution in [0.5, 0.6) is 0 Å². The summed E-state index contributed by atoms with van der Waals surface area (Å²) in [5, 5.41) is 20.1. The third kappa shape index (κ3) is 1.29. The minimum atomic E-state index is -1.60. The van der Waals surface area contributed by atoms with Crippen molar-refractivity contribution in [3.8, 4) is 12.1 Å². The van der Waals surface area contributed by atoms with Gasteiger partial charge in [-0.25, -0.2) is 4.99 Å². The Bertz CT molecular complexity index is 762. The molecule has 0 saturated heterocycles. The van der Waals surface area contributed by atoms with Gasteiger partial charge in [0.25, 0.3) is 5.91 Å². The van der Waals surface area contributed by atoms with Gasteiger partial charge in [-0.2, -0.15) is 10.5 Å². The Balaban J connectivity index is 2.26. The minimum Gasteiger partial charge on any atom is -0.386 e. The molecule has 1 fully saturated rings. The van der Waals surface area contributed by atoms with Gasteiger partial charge < -0.3 is 15.2 Å². The number of rotatable bonds is 3. The summed E-state index contributed by atoms with van der Waals surface area (Å²) in [5.74, 6) is -2.08.